The van der Waals surface area contributed by atoms with Crippen LogP contribution in [0.5, 0.6) is 5.75 Å². The van der Waals surface area contributed by atoms with Gasteiger partial charge >= 0.3 is 6.09 Å². The molecule has 2 aromatic rings. The van der Waals surface area contributed by atoms with Crippen molar-refractivity contribution in [3.8, 4) is 16.9 Å². The lowest BCUT2D eigenvalue weighted by atomic mass is 9.87. The number of benzene rings is 2. The van der Waals surface area contributed by atoms with Gasteiger partial charge < -0.3 is 15.2 Å². The Balaban J connectivity index is 1.88. The minimum Gasteiger partial charge on any atom is -0.491 e. The van der Waals surface area contributed by atoms with Crippen LogP contribution in [0.1, 0.15) is 44.9 Å². The van der Waals surface area contributed by atoms with Gasteiger partial charge in [0, 0.05) is 5.41 Å². The van der Waals surface area contributed by atoms with Gasteiger partial charge in [-0.05, 0) is 54.7 Å². The van der Waals surface area contributed by atoms with E-state index in [4.69, 9.17) is 15.2 Å². The molecule has 1 unspecified atom stereocenters. The number of carbonyl (C=O) groups excluding carboxylic acids is 1. The molecule has 0 fully saturated rings. The minimum atomic E-state index is -0.726. The van der Waals surface area contributed by atoms with Crippen LogP contribution in [0.3, 0.4) is 0 Å². The number of hydrogen-bond acceptors (Lipinski definition) is 3. The molecule has 132 valence electrons. The van der Waals surface area contributed by atoms with Crippen LogP contribution in [-0.4, -0.2) is 12.2 Å². The second kappa shape index (κ2) is 6.43. The summed E-state index contributed by atoms with van der Waals surface area (Å²) >= 11 is 0. The van der Waals surface area contributed by atoms with Gasteiger partial charge in [0.05, 0.1) is 6.10 Å². The van der Waals surface area contributed by atoms with Gasteiger partial charge in [0.15, 0.2) is 0 Å². The Morgan fingerprint density at radius 1 is 1.12 bits per heavy atom. The number of carbonyl (C=O) groups is 1. The first-order valence-corrected chi connectivity index (χ1v) is 8.62. The largest absolute Gasteiger partial charge is 0.491 e. The van der Waals surface area contributed by atoms with Crippen LogP contribution in [0.25, 0.3) is 11.1 Å². The van der Waals surface area contributed by atoms with Crippen LogP contribution >= 0.6 is 0 Å². The first-order chi connectivity index (χ1) is 11.8. The number of nitrogens with two attached hydrogens (primary N) is 1. The molecule has 3 rings (SSSR count). The highest BCUT2D eigenvalue weighted by Gasteiger charge is 2.41. The van der Waals surface area contributed by atoms with Crippen LogP contribution in [0.4, 0.5) is 4.79 Å². The summed E-state index contributed by atoms with van der Waals surface area (Å²) in [7, 11) is 0. The Morgan fingerprint density at radius 3 is 2.36 bits per heavy atom. The molecular weight excluding hydrogens is 314 g/mol. The summed E-state index contributed by atoms with van der Waals surface area (Å²) in [5.74, 6) is 0.871. The van der Waals surface area contributed by atoms with Crippen molar-refractivity contribution in [1.29, 1.82) is 0 Å². The summed E-state index contributed by atoms with van der Waals surface area (Å²) in [6, 6.07) is 14.4. The molecule has 0 spiro atoms. The third-order valence-electron chi connectivity index (χ3n) is 4.57. The third kappa shape index (κ3) is 3.63. The Labute approximate surface area is 148 Å². The average molecular weight is 339 g/mol. The van der Waals surface area contributed by atoms with Gasteiger partial charge in [0.2, 0.25) is 0 Å². The second-order valence-electron chi connectivity index (χ2n) is 7.59. The standard InChI is InChI=1S/C21H25NO3/c1-13(2)24-17-8-5-14(6-9-17)15-7-10-18-16(11-15)12-21(3,4)19(18)25-20(22)23/h5-11,13,19H,12H2,1-4H3,(H2,22,23). The molecule has 1 aliphatic carbocycles. The summed E-state index contributed by atoms with van der Waals surface area (Å²) in [5, 5.41) is 0. The van der Waals surface area contributed by atoms with E-state index < -0.39 is 6.09 Å². The Bertz CT molecular complexity index is 778. The van der Waals surface area contributed by atoms with Gasteiger partial charge in [-0.1, -0.05) is 44.2 Å². The predicted octanol–water partition coefficient (Wildman–Crippen LogP) is 4.86. The fourth-order valence-corrected chi connectivity index (χ4v) is 3.54. The normalized spacial score (nSPS) is 18.0. The lowest BCUT2D eigenvalue weighted by Gasteiger charge is -2.26. The molecular formula is C21H25NO3. The first kappa shape index (κ1) is 17.3. The zero-order valence-electron chi connectivity index (χ0n) is 15.2. The molecule has 0 aromatic heterocycles. The maximum absolute atomic E-state index is 11.2. The Hall–Kier alpha value is -2.49. The predicted molar refractivity (Wildman–Crippen MR) is 98.5 cm³/mol. The van der Waals surface area contributed by atoms with Crippen LogP contribution in [0.2, 0.25) is 0 Å². The van der Waals surface area contributed by atoms with Crippen LogP contribution in [0, 0.1) is 5.41 Å². The van der Waals surface area contributed by atoms with Gasteiger partial charge in [-0.2, -0.15) is 0 Å². The number of ether oxygens (including phenoxy) is 2. The van der Waals surface area contributed by atoms with E-state index in [1.807, 2.05) is 32.0 Å². The van der Waals surface area contributed by atoms with E-state index in [1.54, 1.807) is 0 Å². The molecule has 1 atom stereocenters. The Morgan fingerprint density at radius 2 is 1.76 bits per heavy atom. The third-order valence-corrected chi connectivity index (χ3v) is 4.57. The van der Waals surface area contributed by atoms with Crippen molar-refractivity contribution >= 4 is 6.09 Å². The lowest BCUT2D eigenvalue weighted by Crippen LogP contribution is -2.25. The molecule has 1 amide bonds. The number of primary amides is 1. The van der Waals surface area contributed by atoms with Crippen molar-refractivity contribution in [2.75, 3.05) is 0 Å². The maximum atomic E-state index is 11.2. The van der Waals surface area contributed by atoms with E-state index in [1.165, 1.54) is 5.56 Å². The van der Waals surface area contributed by atoms with Crippen molar-refractivity contribution in [1.82, 2.24) is 0 Å². The number of amides is 1. The van der Waals surface area contributed by atoms with E-state index in [0.29, 0.717) is 0 Å². The molecule has 0 saturated carbocycles. The molecule has 0 heterocycles. The summed E-state index contributed by atoms with van der Waals surface area (Å²) in [4.78, 5) is 11.2. The summed E-state index contributed by atoms with van der Waals surface area (Å²) < 4.78 is 11.1. The second-order valence-corrected chi connectivity index (χ2v) is 7.59. The van der Waals surface area contributed by atoms with Crippen molar-refractivity contribution in [3.05, 3.63) is 53.6 Å². The van der Waals surface area contributed by atoms with Gasteiger partial charge in [-0.15, -0.1) is 0 Å². The first-order valence-electron chi connectivity index (χ1n) is 8.62. The van der Waals surface area contributed by atoms with Gasteiger partial charge in [0.1, 0.15) is 11.9 Å². The van der Waals surface area contributed by atoms with Gasteiger partial charge in [0.25, 0.3) is 0 Å². The van der Waals surface area contributed by atoms with E-state index in [2.05, 4.69) is 38.1 Å². The van der Waals surface area contributed by atoms with E-state index >= 15 is 0 Å². The smallest absolute Gasteiger partial charge is 0.405 e. The molecule has 1 aliphatic rings. The van der Waals surface area contributed by atoms with Gasteiger partial charge in [-0.3, -0.25) is 0 Å². The highest BCUT2D eigenvalue weighted by molar-refractivity contribution is 5.68. The van der Waals surface area contributed by atoms with Crippen LogP contribution in [0.15, 0.2) is 42.5 Å². The van der Waals surface area contributed by atoms with Crippen molar-refractivity contribution in [3.63, 3.8) is 0 Å². The molecule has 4 nitrogen and oxygen atoms in total. The van der Waals surface area contributed by atoms with Crippen molar-refractivity contribution in [2.24, 2.45) is 11.1 Å². The lowest BCUT2D eigenvalue weighted by molar-refractivity contribution is 0.0392. The average Bonchev–Trinajstić information content (AvgIpc) is 2.76. The zero-order chi connectivity index (χ0) is 18.2. The van der Waals surface area contributed by atoms with Crippen LogP contribution < -0.4 is 10.5 Å². The summed E-state index contributed by atoms with van der Waals surface area (Å²) in [6.07, 6.45) is -0.00951. The zero-order valence-corrected chi connectivity index (χ0v) is 15.2. The molecule has 0 bridgehead atoms. The maximum Gasteiger partial charge on any atom is 0.405 e. The van der Waals surface area contributed by atoms with Crippen molar-refractivity contribution in [2.45, 2.75) is 46.3 Å². The van der Waals surface area contributed by atoms with E-state index in [-0.39, 0.29) is 17.6 Å². The number of hydrogen-bond donors (Lipinski definition) is 1. The highest BCUT2D eigenvalue weighted by atomic mass is 16.6. The molecule has 0 aliphatic heterocycles. The fraction of sp³-hybridized carbons (Fsp3) is 0.381. The Kier molecular flexibility index (Phi) is 4.46. The summed E-state index contributed by atoms with van der Waals surface area (Å²) in [5.41, 5.74) is 9.62. The summed E-state index contributed by atoms with van der Waals surface area (Å²) in [6.45, 7) is 8.22. The van der Waals surface area contributed by atoms with E-state index in [9.17, 15) is 4.79 Å². The minimum absolute atomic E-state index is 0.162. The molecule has 0 saturated heterocycles. The molecule has 4 heteroatoms. The quantitative estimate of drug-likeness (QED) is 0.865. The van der Waals surface area contributed by atoms with Crippen LogP contribution in [-0.2, 0) is 11.2 Å². The molecule has 2 aromatic carbocycles. The molecule has 0 radical (unpaired) electrons. The van der Waals surface area contributed by atoms with Crippen molar-refractivity contribution < 1.29 is 14.3 Å². The molecule has 2 N–H and O–H groups in total. The highest BCUT2D eigenvalue weighted by Crippen LogP contribution is 2.48. The van der Waals surface area contributed by atoms with E-state index in [0.717, 1.165) is 28.9 Å². The number of fused-ring (bicyclic) bond motifs is 1. The molecule has 25 heavy (non-hydrogen) atoms. The monoisotopic (exact) mass is 339 g/mol. The topological polar surface area (TPSA) is 61.6 Å². The SMILES string of the molecule is CC(C)Oc1ccc(-c2ccc3c(c2)CC(C)(C)C3OC(N)=O)cc1. The fourth-order valence-electron chi connectivity index (χ4n) is 3.54. The number of rotatable bonds is 4. The van der Waals surface area contributed by atoms with Gasteiger partial charge in [-0.25, -0.2) is 4.79 Å².